The molecule has 0 radical (unpaired) electrons. The molecular weight excluding hydrogens is 370 g/mol. The number of aromatic carboxylic acids is 1. The summed E-state index contributed by atoms with van der Waals surface area (Å²) in [4.78, 5) is 43.2. The van der Waals surface area contributed by atoms with Crippen molar-refractivity contribution in [3.05, 3.63) is 51.8 Å². The van der Waals surface area contributed by atoms with E-state index >= 15 is 0 Å². The van der Waals surface area contributed by atoms with Gasteiger partial charge in [0.15, 0.2) is 11.3 Å². The van der Waals surface area contributed by atoms with Gasteiger partial charge in [0.2, 0.25) is 5.95 Å². The third-order valence-electron chi connectivity index (χ3n) is 4.09. The van der Waals surface area contributed by atoms with Crippen LogP contribution in [0.2, 0.25) is 0 Å². The Morgan fingerprint density at radius 2 is 2.07 bits per heavy atom. The van der Waals surface area contributed by atoms with Gasteiger partial charge in [-0.1, -0.05) is 6.07 Å². The Labute approximate surface area is 155 Å². The van der Waals surface area contributed by atoms with E-state index in [-0.39, 0.29) is 29.7 Å². The number of amides is 1. The number of aryl methyl sites for hydroxylation is 1. The van der Waals surface area contributed by atoms with Crippen LogP contribution in [-0.4, -0.2) is 41.1 Å². The number of carboxylic acids is 1. The molecule has 1 aromatic carbocycles. The lowest BCUT2D eigenvalue weighted by Gasteiger charge is -2.06. The van der Waals surface area contributed by atoms with E-state index in [2.05, 4.69) is 20.4 Å². The van der Waals surface area contributed by atoms with Crippen LogP contribution in [0.5, 0.6) is 0 Å². The van der Waals surface area contributed by atoms with Gasteiger partial charge in [-0.2, -0.15) is 9.50 Å². The van der Waals surface area contributed by atoms with Gasteiger partial charge in [0.25, 0.3) is 11.7 Å². The van der Waals surface area contributed by atoms with E-state index in [1.807, 2.05) is 0 Å². The molecule has 0 aliphatic rings. The maximum absolute atomic E-state index is 12.4. The molecule has 3 heterocycles. The van der Waals surface area contributed by atoms with Crippen molar-refractivity contribution in [1.82, 2.24) is 29.5 Å². The number of carboxylic acid groups (broad SMARTS) is 1. The summed E-state index contributed by atoms with van der Waals surface area (Å²) in [5.41, 5.74) is 6.76. The van der Waals surface area contributed by atoms with E-state index < -0.39 is 17.6 Å². The van der Waals surface area contributed by atoms with Crippen molar-refractivity contribution < 1.29 is 19.1 Å². The number of hydrogen-bond acceptors (Lipinski definition) is 8. The van der Waals surface area contributed by atoms with Gasteiger partial charge in [-0.05, 0) is 17.7 Å². The van der Waals surface area contributed by atoms with Crippen LogP contribution in [-0.2, 0) is 13.6 Å². The van der Waals surface area contributed by atoms with Gasteiger partial charge < -0.3 is 20.6 Å². The standard InChI is InChI=1S/C16H13N7O5/c1-22-9-4-7(2-3-11(9)28-16(22)27)6-18-12(24)8-5-10(13(25)26)23-15(19-8)20-14(17)21-23/h2-5H,6H2,1H3,(H2,17,21)(H,18,24)(H,25,26). The molecule has 4 aromatic rings. The SMILES string of the molecule is Cn1c(=O)oc2ccc(CNC(=O)c3cc(C(=O)O)n4nc(N)nc4n3)cc21. The summed E-state index contributed by atoms with van der Waals surface area (Å²) in [5.74, 6) is -2.66. The molecule has 0 saturated heterocycles. The number of carbonyl (C=O) groups is 2. The highest BCUT2D eigenvalue weighted by atomic mass is 16.4. The fraction of sp³-hybridized carbons (Fsp3) is 0.125. The van der Waals surface area contributed by atoms with E-state index in [1.54, 1.807) is 25.2 Å². The van der Waals surface area contributed by atoms with Gasteiger partial charge in [-0.25, -0.2) is 14.6 Å². The molecule has 0 unspecified atom stereocenters. The first-order valence-electron chi connectivity index (χ1n) is 7.97. The number of nitrogen functional groups attached to an aromatic ring is 1. The zero-order valence-electron chi connectivity index (χ0n) is 14.4. The number of carbonyl (C=O) groups excluding carboxylic acids is 1. The van der Waals surface area contributed by atoms with Crippen LogP contribution in [0.1, 0.15) is 26.5 Å². The molecule has 4 N–H and O–H groups in total. The number of benzene rings is 1. The molecule has 0 saturated carbocycles. The summed E-state index contributed by atoms with van der Waals surface area (Å²) in [7, 11) is 1.58. The lowest BCUT2D eigenvalue weighted by Crippen LogP contribution is -2.25. The van der Waals surface area contributed by atoms with Gasteiger partial charge in [-0.15, -0.1) is 5.10 Å². The van der Waals surface area contributed by atoms with Gasteiger partial charge in [0, 0.05) is 19.7 Å². The normalized spacial score (nSPS) is 11.2. The Bertz CT molecular complexity index is 1320. The fourth-order valence-electron chi connectivity index (χ4n) is 2.71. The quantitative estimate of drug-likeness (QED) is 0.431. The van der Waals surface area contributed by atoms with Crippen LogP contribution >= 0.6 is 0 Å². The largest absolute Gasteiger partial charge is 0.477 e. The number of anilines is 1. The Morgan fingerprint density at radius 1 is 1.29 bits per heavy atom. The molecule has 3 aromatic heterocycles. The number of oxazole rings is 1. The smallest absolute Gasteiger partial charge is 0.419 e. The molecule has 28 heavy (non-hydrogen) atoms. The van der Waals surface area contributed by atoms with Crippen LogP contribution in [0.25, 0.3) is 16.9 Å². The maximum atomic E-state index is 12.4. The molecule has 12 nitrogen and oxygen atoms in total. The topological polar surface area (TPSA) is 171 Å². The molecular formula is C16H13N7O5. The minimum Gasteiger partial charge on any atom is -0.477 e. The van der Waals surface area contributed by atoms with E-state index in [4.69, 9.17) is 10.2 Å². The molecule has 0 atom stereocenters. The zero-order valence-corrected chi connectivity index (χ0v) is 14.4. The van der Waals surface area contributed by atoms with E-state index in [0.717, 1.165) is 10.6 Å². The summed E-state index contributed by atoms with van der Waals surface area (Å²) >= 11 is 0. The van der Waals surface area contributed by atoms with Crippen LogP contribution in [0.4, 0.5) is 5.95 Å². The number of fused-ring (bicyclic) bond motifs is 2. The van der Waals surface area contributed by atoms with Crippen LogP contribution in [0.3, 0.4) is 0 Å². The van der Waals surface area contributed by atoms with Crippen molar-refractivity contribution in [1.29, 1.82) is 0 Å². The predicted octanol–water partition coefficient (Wildman–Crippen LogP) is -0.220. The Kier molecular flexibility index (Phi) is 3.80. The first-order valence-corrected chi connectivity index (χ1v) is 7.97. The molecule has 12 heteroatoms. The monoisotopic (exact) mass is 383 g/mol. The second-order valence-corrected chi connectivity index (χ2v) is 5.93. The lowest BCUT2D eigenvalue weighted by molar-refractivity contribution is 0.0687. The van der Waals surface area contributed by atoms with Crippen molar-refractivity contribution in [3.63, 3.8) is 0 Å². The number of nitrogens with one attached hydrogen (secondary N) is 1. The zero-order chi connectivity index (χ0) is 20.0. The van der Waals surface area contributed by atoms with Crippen molar-refractivity contribution >= 4 is 34.7 Å². The second-order valence-electron chi connectivity index (χ2n) is 5.93. The summed E-state index contributed by atoms with van der Waals surface area (Å²) in [5, 5.41) is 15.7. The summed E-state index contributed by atoms with van der Waals surface area (Å²) in [6.45, 7) is 0.123. The second kappa shape index (κ2) is 6.19. The molecule has 1 amide bonds. The summed E-state index contributed by atoms with van der Waals surface area (Å²) < 4.78 is 7.35. The summed E-state index contributed by atoms with van der Waals surface area (Å²) in [6.07, 6.45) is 0. The highest BCUT2D eigenvalue weighted by Gasteiger charge is 2.18. The summed E-state index contributed by atoms with van der Waals surface area (Å²) in [6, 6.07) is 6.12. The number of nitrogens with two attached hydrogens (primary N) is 1. The molecule has 0 fully saturated rings. The van der Waals surface area contributed by atoms with Crippen LogP contribution in [0.15, 0.2) is 33.5 Å². The first-order chi connectivity index (χ1) is 13.3. The minimum atomic E-state index is -1.31. The Hall–Kier alpha value is -4.22. The maximum Gasteiger partial charge on any atom is 0.419 e. The van der Waals surface area contributed by atoms with Crippen LogP contribution < -0.4 is 16.8 Å². The third kappa shape index (κ3) is 2.82. The van der Waals surface area contributed by atoms with Gasteiger partial charge >= 0.3 is 11.7 Å². The van der Waals surface area contributed by atoms with E-state index in [1.165, 1.54) is 4.57 Å². The van der Waals surface area contributed by atoms with Crippen molar-refractivity contribution in [2.24, 2.45) is 7.05 Å². The van der Waals surface area contributed by atoms with E-state index in [0.29, 0.717) is 16.7 Å². The van der Waals surface area contributed by atoms with Crippen LogP contribution in [0, 0.1) is 0 Å². The number of hydrogen-bond donors (Lipinski definition) is 3. The van der Waals surface area contributed by atoms with Gasteiger partial charge in [-0.3, -0.25) is 9.36 Å². The first kappa shape index (κ1) is 17.2. The number of rotatable bonds is 4. The van der Waals surface area contributed by atoms with Crippen molar-refractivity contribution in [2.75, 3.05) is 5.73 Å². The molecule has 0 bridgehead atoms. The minimum absolute atomic E-state index is 0.0997. The fourth-order valence-corrected chi connectivity index (χ4v) is 2.71. The Balaban J connectivity index is 1.61. The average Bonchev–Trinajstić information content (AvgIpc) is 3.17. The molecule has 142 valence electrons. The highest BCUT2D eigenvalue weighted by Crippen LogP contribution is 2.14. The number of nitrogens with zero attached hydrogens (tertiary/aromatic N) is 5. The third-order valence-corrected chi connectivity index (χ3v) is 4.09. The lowest BCUT2D eigenvalue weighted by atomic mass is 10.2. The average molecular weight is 383 g/mol. The van der Waals surface area contributed by atoms with Crippen molar-refractivity contribution in [2.45, 2.75) is 6.54 Å². The highest BCUT2D eigenvalue weighted by molar-refractivity contribution is 5.95. The van der Waals surface area contributed by atoms with Gasteiger partial charge in [0.05, 0.1) is 5.52 Å². The molecule has 0 aliphatic carbocycles. The molecule has 0 aliphatic heterocycles. The number of aromatic nitrogens is 5. The predicted molar refractivity (Wildman–Crippen MR) is 94.8 cm³/mol. The van der Waals surface area contributed by atoms with E-state index in [9.17, 15) is 19.5 Å². The molecule has 0 spiro atoms. The Morgan fingerprint density at radius 3 is 2.82 bits per heavy atom. The van der Waals surface area contributed by atoms with Gasteiger partial charge in [0.1, 0.15) is 5.69 Å². The van der Waals surface area contributed by atoms with Crippen molar-refractivity contribution in [3.8, 4) is 0 Å². The molecule has 4 rings (SSSR count).